The highest BCUT2D eigenvalue weighted by atomic mass is 16.5. The number of carbonyl (C=O) groups is 1. The van der Waals surface area contributed by atoms with Gasteiger partial charge in [0, 0.05) is 25.0 Å². The van der Waals surface area contributed by atoms with Crippen LogP contribution in [0, 0.1) is 6.92 Å². The minimum absolute atomic E-state index is 0.0976. The van der Waals surface area contributed by atoms with Crippen molar-refractivity contribution >= 4 is 11.6 Å². The predicted molar refractivity (Wildman–Crippen MR) is 80.4 cm³/mol. The van der Waals surface area contributed by atoms with Crippen LogP contribution in [-0.2, 0) is 4.74 Å². The van der Waals surface area contributed by atoms with Crippen molar-refractivity contribution in [3.05, 3.63) is 47.8 Å². The number of aromatic nitrogens is 2. The Morgan fingerprint density at radius 1 is 1.33 bits per heavy atom. The largest absolute Gasteiger partial charge is 0.381 e. The maximum atomic E-state index is 12.3. The van der Waals surface area contributed by atoms with Crippen LogP contribution >= 0.6 is 0 Å². The monoisotopic (exact) mass is 285 g/mol. The van der Waals surface area contributed by atoms with Crippen LogP contribution in [0.3, 0.4) is 0 Å². The highest BCUT2D eigenvalue weighted by Gasteiger charge is 2.17. The molecule has 3 rings (SSSR count). The number of nitrogens with one attached hydrogen (secondary N) is 1. The predicted octanol–water partition coefficient (Wildman–Crippen LogP) is 2.80. The van der Waals surface area contributed by atoms with Gasteiger partial charge in [0.1, 0.15) is 0 Å². The number of carbonyl (C=O) groups excluding carboxylic acids is 1. The number of benzene rings is 1. The molecule has 1 amide bonds. The average Bonchev–Trinajstić information content (AvgIpc) is 2.97. The number of aryl methyl sites for hydroxylation is 1. The van der Waals surface area contributed by atoms with E-state index in [4.69, 9.17) is 4.74 Å². The lowest BCUT2D eigenvalue weighted by atomic mass is 10.1. The molecule has 0 saturated carbocycles. The molecule has 1 fully saturated rings. The molecule has 0 atom stereocenters. The van der Waals surface area contributed by atoms with Crippen LogP contribution in [-0.4, -0.2) is 28.9 Å². The minimum atomic E-state index is -0.0976. The quantitative estimate of drug-likeness (QED) is 0.943. The van der Waals surface area contributed by atoms with Crippen LogP contribution in [0.15, 0.2) is 36.7 Å². The molecule has 1 aromatic carbocycles. The molecule has 0 aliphatic carbocycles. The summed E-state index contributed by atoms with van der Waals surface area (Å²) < 4.78 is 7.28. The number of anilines is 1. The van der Waals surface area contributed by atoms with Crippen LogP contribution in [0.4, 0.5) is 5.69 Å². The van der Waals surface area contributed by atoms with Gasteiger partial charge in [-0.25, -0.2) is 0 Å². The molecule has 110 valence electrons. The summed E-state index contributed by atoms with van der Waals surface area (Å²) in [4.78, 5) is 12.3. The van der Waals surface area contributed by atoms with Gasteiger partial charge in [-0.05, 0) is 31.4 Å². The fourth-order valence-electron chi connectivity index (χ4n) is 2.58. The summed E-state index contributed by atoms with van der Waals surface area (Å²) in [5, 5.41) is 7.26. The molecular weight excluding hydrogens is 266 g/mol. The van der Waals surface area contributed by atoms with E-state index in [0.29, 0.717) is 11.6 Å². The molecule has 1 saturated heterocycles. The van der Waals surface area contributed by atoms with E-state index in [1.54, 1.807) is 6.20 Å². The standard InChI is InChI=1S/C16H19N3O2/c1-12-4-2-3-5-15(12)16(20)18-13-10-17-19(11-13)14-6-8-21-9-7-14/h2-5,10-11,14H,6-9H2,1H3,(H,18,20). The first kappa shape index (κ1) is 13.8. The van der Waals surface area contributed by atoms with Gasteiger partial charge in [0.2, 0.25) is 0 Å². The summed E-state index contributed by atoms with van der Waals surface area (Å²) in [5.74, 6) is -0.0976. The maximum Gasteiger partial charge on any atom is 0.256 e. The molecule has 5 heteroatoms. The van der Waals surface area contributed by atoms with E-state index in [1.165, 1.54) is 0 Å². The molecule has 2 heterocycles. The van der Waals surface area contributed by atoms with Gasteiger partial charge >= 0.3 is 0 Å². The molecule has 0 spiro atoms. The van der Waals surface area contributed by atoms with E-state index < -0.39 is 0 Å². The second-order valence-electron chi connectivity index (χ2n) is 5.32. The molecule has 0 radical (unpaired) electrons. The van der Waals surface area contributed by atoms with Crippen LogP contribution in [0.25, 0.3) is 0 Å². The Balaban J connectivity index is 1.69. The van der Waals surface area contributed by atoms with E-state index in [0.717, 1.165) is 37.3 Å². The minimum Gasteiger partial charge on any atom is -0.381 e. The molecule has 0 unspecified atom stereocenters. The zero-order valence-corrected chi connectivity index (χ0v) is 12.1. The van der Waals surface area contributed by atoms with Gasteiger partial charge in [0.05, 0.1) is 17.9 Å². The van der Waals surface area contributed by atoms with Crippen LogP contribution in [0.5, 0.6) is 0 Å². The molecule has 2 aromatic rings. The Kier molecular flexibility index (Phi) is 4.01. The summed E-state index contributed by atoms with van der Waals surface area (Å²) in [6.07, 6.45) is 5.53. The highest BCUT2D eigenvalue weighted by molar-refractivity contribution is 6.05. The number of nitrogens with zero attached hydrogens (tertiary/aromatic N) is 2. The first-order chi connectivity index (χ1) is 10.2. The van der Waals surface area contributed by atoms with Crippen molar-refractivity contribution in [3.63, 3.8) is 0 Å². The fourth-order valence-corrected chi connectivity index (χ4v) is 2.58. The molecule has 1 aromatic heterocycles. The number of ether oxygens (including phenoxy) is 1. The third kappa shape index (κ3) is 3.13. The zero-order valence-electron chi connectivity index (χ0n) is 12.1. The lowest BCUT2D eigenvalue weighted by Crippen LogP contribution is -2.19. The fraction of sp³-hybridized carbons (Fsp3) is 0.375. The molecule has 1 aliphatic heterocycles. The second-order valence-corrected chi connectivity index (χ2v) is 5.32. The third-order valence-electron chi connectivity index (χ3n) is 3.81. The lowest BCUT2D eigenvalue weighted by molar-refractivity contribution is 0.0662. The summed E-state index contributed by atoms with van der Waals surface area (Å²) in [5.41, 5.74) is 2.39. The van der Waals surface area contributed by atoms with Gasteiger partial charge < -0.3 is 10.1 Å². The van der Waals surface area contributed by atoms with Crippen LogP contribution in [0.2, 0.25) is 0 Å². The zero-order chi connectivity index (χ0) is 14.7. The van der Waals surface area contributed by atoms with Gasteiger partial charge in [-0.15, -0.1) is 0 Å². The molecule has 1 N–H and O–H groups in total. The SMILES string of the molecule is Cc1ccccc1C(=O)Nc1cnn(C2CCOCC2)c1. The summed E-state index contributed by atoms with van der Waals surface area (Å²) in [6.45, 7) is 3.48. The Morgan fingerprint density at radius 2 is 2.10 bits per heavy atom. The van der Waals surface area contributed by atoms with Crippen molar-refractivity contribution < 1.29 is 9.53 Å². The van der Waals surface area contributed by atoms with E-state index in [9.17, 15) is 4.79 Å². The maximum absolute atomic E-state index is 12.3. The van der Waals surface area contributed by atoms with Gasteiger partial charge in [-0.3, -0.25) is 9.48 Å². The van der Waals surface area contributed by atoms with Gasteiger partial charge in [-0.1, -0.05) is 18.2 Å². The van der Waals surface area contributed by atoms with Crippen molar-refractivity contribution in [2.75, 3.05) is 18.5 Å². The van der Waals surface area contributed by atoms with Crippen LogP contribution in [0.1, 0.15) is 34.8 Å². The number of rotatable bonds is 3. The van der Waals surface area contributed by atoms with E-state index in [2.05, 4.69) is 10.4 Å². The topological polar surface area (TPSA) is 56.2 Å². The van der Waals surface area contributed by atoms with Crippen molar-refractivity contribution in [2.45, 2.75) is 25.8 Å². The second kappa shape index (κ2) is 6.10. The first-order valence-corrected chi connectivity index (χ1v) is 7.23. The Labute approximate surface area is 123 Å². The van der Waals surface area contributed by atoms with Crippen molar-refractivity contribution in [1.29, 1.82) is 0 Å². The normalized spacial score (nSPS) is 15.9. The molecular formula is C16H19N3O2. The Bertz CT molecular complexity index is 630. The van der Waals surface area contributed by atoms with Crippen LogP contribution < -0.4 is 5.32 Å². The van der Waals surface area contributed by atoms with Gasteiger partial charge in [0.25, 0.3) is 5.91 Å². The lowest BCUT2D eigenvalue weighted by Gasteiger charge is -2.22. The van der Waals surface area contributed by atoms with E-state index in [-0.39, 0.29) is 5.91 Å². The first-order valence-electron chi connectivity index (χ1n) is 7.23. The summed E-state index contributed by atoms with van der Waals surface area (Å²) >= 11 is 0. The van der Waals surface area contributed by atoms with Gasteiger partial charge in [-0.2, -0.15) is 5.10 Å². The number of hydrogen-bond donors (Lipinski definition) is 1. The van der Waals surface area contributed by atoms with E-state index in [1.807, 2.05) is 42.1 Å². The molecule has 21 heavy (non-hydrogen) atoms. The molecule has 1 aliphatic rings. The summed E-state index contributed by atoms with van der Waals surface area (Å²) in [7, 11) is 0. The number of hydrogen-bond acceptors (Lipinski definition) is 3. The Morgan fingerprint density at radius 3 is 2.86 bits per heavy atom. The van der Waals surface area contributed by atoms with Crippen molar-refractivity contribution in [1.82, 2.24) is 9.78 Å². The smallest absolute Gasteiger partial charge is 0.256 e. The third-order valence-corrected chi connectivity index (χ3v) is 3.81. The molecule has 0 bridgehead atoms. The van der Waals surface area contributed by atoms with E-state index >= 15 is 0 Å². The van der Waals surface area contributed by atoms with Crippen molar-refractivity contribution in [3.8, 4) is 0 Å². The Hall–Kier alpha value is -2.14. The van der Waals surface area contributed by atoms with Crippen molar-refractivity contribution in [2.24, 2.45) is 0 Å². The average molecular weight is 285 g/mol. The molecule has 5 nitrogen and oxygen atoms in total. The number of amides is 1. The van der Waals surface area contributed by atoms with Gasteiger partial charge in [0.15, 0.2) is 0 Å². The highest BCUT2D eigenvalue weighted by Crippen LogP contribution is 2.21. The summed E-state index contributed by atoms with van der Waals surface area (Å²) in [6, 6.07) is 7.92.